The molecule has 0 saturated carbocycles. The summed E-state index contributed by atoms with van der Waals surface area (Å²) in [5.41, 5.74) is 0.770. The van der Waals surface area contributed by atoms with E-state index in [9.17, 15) is 8.42 Å². The number of sulfone groups is 1. The molecule has 6 nitrogen and oxygen atoms in total. The summed E-state index contributed by atoms with van der Waals surface area (Å²) in [6.45, 7) is 3.50. The molecule has 0 fully saturated rings. The smallest absolute Gasteiger partial charge is 0.157 e. The first-order valence-corrected chi connectivity index (χ1v) is 7.61. The van der Waals surface area contributed by atoms with Gasteiger partial charge in [0.05, 0.1) is 12.3 Å². The van der Waals surface area contributed by atoms with Gasteiger partial charge in [-0.15, -0.1) is 0 Å². The molecule has 0 radical (unpaired) electrons. The third-order valence-corrected chi connectivity index (χ3v) is 4.02. The van der Waals surface area contributed by atoms with Gasteiger partial charge in [-0.1, -0.05) is 0 Å². The SMILES string of the molecule is COCCNCc1ccnc(C(C)S(C)(=O)=O)n1. The van der Waals surface area contributed by atoms with Crippen molar-refractivity contribution in [2.24, 2.45) is 0 Å². The Bertz CT molecular complexity index is 476. The minimum atomic E-state index is -3.17. The van der Waals surface area contributed by atoms with Gasteiger partial charge in [0.15, 0.2) is 9.84 Å². The first-order chi connectivity index (χ1) is 8.45. The summed E-state index contributed by atoms with van der Waals surface area (Å²) in [4.78, 5) is 8.25. The highest BCUT2D eigenvalue weighted by molar-refractivity contribution is 7.90. The number of hydrogen-bond acceptors (Lipinski definition) is 6. The van der Waals surface area contributed by atoms with Crippen molar-refractivity contribution >= 4 is 9.84 Å². The largest absolute Gasteiger partial charge is 0.383 e. The molecule has 0 amide bonds. The maximum atomic E-state index is 11.4. The molecule has 1 aromatic rings. The Kier molecular flexibility index (Phi) is 5.64. The molecule has 0 aliphatic carbocycles. The highest BCUT2D eigenvalue weighted by Crippen LogP contribution is 2.16. The van der Waals surface area contributed by atoms with Crippen LogP contribution in [-0.4, -0.2) is 44.9 Å². The van der Waals surface area contributed by atoms with Crippen LogP contribution < -0.4 is 5.32 Å². The lowest BCUT2D eigenvalue weighted by Crippen LogP contribution is -2.20. The van der Waals surface area contributed by atoms with Crippen LogP contribution in [0.2, 0.25) is 0 Å². The summed E-state index contributed by atoms with van der Waals surface area (Å²) in [5.74, 6) is 0.337. The van der Waals surface area contributed by atoms with E-state index in [1.54, 1.807) is 26.3 Å². The Labute approximate surface area is 108 Å². The predicted octanol–water partition coefficient (Wildman–Crippen LogP) is 0.318. The Morgan fingerprint density at radius 2 is 2.22 bits per heavy atom. The molecule has 0 aromatic carbocycles. The van der Waals surface area contributed by atoms with E-state index in [1.165, 1.54) is 6.26 Å². The van der Waals surface area contributed by atoms with E-state index in [1.807, 2.05) is 0 Å². The van der Waals surface area contributed by atoms with Crippen molar-refractivity contribution in [3.8, 4) is 0 Å². The second-order valence-corrected chi connectivity index (χ2v) is 6.41. The zero-order valence-electron chi connectivity index (χ0n) is 10.9. The third kappa shape index (κ3) is 4.67. The summed E-state index contributed by atoms with van der Waals surface area (Å²) in [6.07, 6.45) is 2.77. The van der Waals surface area contributed by atoms with E-state index in [-0.39, 0.29) is 0 Å². The molecule has 0 saturated heterocycles. The topological polar surface area (TPSA) is 81.2 Å². The first kappa shape index (κ1) is 15.0. The second kappa shape index (κ2) is 6.77. The highest BCUT2D eigenvalue weighted by atomic mass is 32.2. The van der Waals surface area contributed by atoms with Crippen molar-refractivity contribution < 1.29 is 13.2 Å². The van der Waals surface area contributed by atoms with Crippen LogP contribution in [0, 0.1) is 0 Å². The fourth-order valence-electron chi connectivity index (χ4n) is 1.29. The molecule has 0 aliphatic heterocycles. The molecule has 1 aromatic heterocycles. The molecule has 1 N–H and O–H groups in total. The number of aromatic nitrogens is 2. The lowest BCUT2D eigenvalue weighted by atomic mass is 10.3. The molecular weight excluding hydrogens is 254 g/mol. The zero-order valence-corrected chi connectivity index (χ0v) is 11.7. The Hall–Kier alpha value is -1.05. The Balaban J connectivity index is 2.68. The van der Waals surface area contributed by atoms with Gasteiger partial charge in [-0.05, 0) is 13.0 Å². The summed E-state index contributed by atoms with van der Waals surface area (Å²) in [6, 6.07) is 1.76. The minimum absolute atomic E-state index is 0.337. The van der Waals surface area contributed by atoms with Gasteiger partial charge in [0.1, 0.15) is 11.1 Å². The van der Waals surface area contributed by atoms with Crippen LogP contribution in [0.5, 0.6) is 0 Å². The zero-order chi connectivity index (χ0) is 13.6. The van der Waals surface area contributed by atoms with E-state index < -0.39 is 15.1 Å². The van der Waals surface area contributed by atoms with Crippen molar-refractivity contribution in [3.63, 3.8) is 0 Å². The molecule has 7 heteroatoms. The molecule has 1 unspecified atom stereocenters. The van der Waals surface area contributed by atoms with E-state index in [0.29, 0.717) is 19.0 Å². The van der Waals surface area contributed by atoms with Crippen molar-refractivity contribution in [2.75, 3.05) is 26.5 Å². The fourth-order valence-corrected chi connectivity index (χ4v) is 1.79. The maximum absolute atomic E-state index is 11.4. The molecule has 1 heterocycles. The predicted molar refractivity (Wildman–Crippen MR) is 68.9 cm³/mol. The van der Waals surface area contributed by atoms with Crippen LogP contribution in [-0.2, 0) is 21.1 Å². The maximum Gasteiger partial charge on any atom is 0.157 e. The lowest BCUT2D eigenvalue weighted by Gasteiger charge is -2.09. The molecule has 1 atom stereocenters. The van der Waals surface area contributed by atoms with E-state index in [0.717, 1.165) is 12.2 Å². The van der Waals surface area contributed by atoms with Crippen LogP contribution in [0.3, 0.4) is 0 Å². The number of nitrogens with one attached hydrogen (secondary N) is 1. The Morgan fingerprint density at radius 1 is 1.50 bits per heavy atom. The van der Waals surface area contributed by atoms with E-state index in [2.05, 4.69) is 15.3 Å². The average Bonchev–Trinajstić information content (AvgIpc) is 2.33. The third-order valence-electron chi connectivity index (χ3n) is 2.53. The first-order valence-electron chi connectivity index (χ1n) is 5.65. The number of ether oxygens (including phenoxy) is 1. The minimum Gasteiger partial charge on any atom is -0.383 e. The van der Waals surface area contributed by atoms with Gasteiger partial charge in [0, 0.05) is 32.7 Å². The lowest BCUT2D eigenvalue weighted by molar-refractivity contribution is 0.199. The summed E-state index contributed by atoms with van der Waals surface area (Å²) in [7, 11) is -1.53. The molecule has 0 spiro atoms. The number of hydrogen-bond donors (Lipinski definition) is 1. The van der Waals surface area contributed by atoms with Gasteiger partial charge < -0.3 is 10.1 Å². The summed E-state index contributed by atoms with van der Waals surface area (Å²) >= 11 is 0. The normalized spacial score (nSPS) is 13.5. The molecule has 0 bridgehead atoms. The van der Waals surface area contributed by atoms with Crippen molar-refractivity contribution in [1.82, 2.24) is 15.3 Å². The highest BCUT2D eigenvalue weighted by Gasteiger charge is 2.20. The number of nitrogens with zero attached hydrogens (tertiary/aromatic N) is 2. The van der Waals surface area contributed by atoms with E-state index in [4.69, 9.17) is 4.74 Å². The van der Waals surface area contributed by atoms with Crippen molar-refractivity contribution in [3.05, 3.63) is 23.8 Å². The van der Waals surface area contributed by atoms with Crippen LogP contribution in [0.4, 0.5) is 0 Å². The molecule has 0 aliphatic rings. The van der Waals surface area contributed by atoms with Gasteiger partial charge in [-0.3, -0.25) is 0 Å². The van der Waals surface area contributed by atoms with Gasteiger partial charge >= 0.3 is 0 Å². The van der Waals surface area contributed by atoms with Crippen LogP contribution in [0.15, 0.2) is 12.3 Å². The standard InChI is InChI=1S/C11H19N3O3S/c1-9(18(3,15)16)11-13-5-4-10(14-11)8-12-6-7-17-2/h4-5,9,12H,6-8H2,1-3H3. The van der Waals surface area contributed by atoms with Crippen LogP contribution in [0.1, 0.15) is 23.7 Å². The quantitative estimate of drug-likeness (QED) is 0.720. The van der Waals surface area contributed by atoms with Crippen molar-refractivity contribution in [1.29, 1.82) is 0 Å². The van der Waals surface area contributed by atoms with Gasteiger partial charge in [0.2, 0.25) is 0 Å². The van der Waals surface area contributed by atoms with Crippen LogP contribution in [0.25, 0.3) is 0 Å². The summed E-state index contributed by atoms with van der Waals surface area (Å²) < 4.78 is 27.8. The Morgan fingerprint density at radius 3 is 2.83 bits per heavy atom. The number of rotatable bonds is 7. The molecular formula is C11H19N3O3S. The fraction of sp³-hybridized carbons (Fsp3) is 0.636. The number of methoxy groups -OCH3 is 1. The monoisotopic (exact) mass is 273 g/mol. The molecule has 18 heavy (non-hydrogen) atoms. The van der Waals surface area contributed by atoms with E-state index >= 15 is 0 Å². The van der Waals surface area contributed by atoms with Gasteiger partial charge in [-0.25, -0.2) is 18.4 Å². The van der Waals surface area contributed by atoms with Gasteiger partial charge in [0.25, 0.3) is 0 Å². The second-order valence-electron chi connectivity index (χ2n) is 4.05. The van der Waals surface area contributed by atoms with Crippen LogP contribution >= 0.6 is 0 Å². The van der Waals surface area contributed by atoms with Crippen molar-refractivity contribution in [2.45, 2.75) is 18.7 Å². The molecule has 102 valence electrons. The average molecular weight is 273 g/mol. The molecule has 1 rings (SSSR count). The van der Waals surface area contributed by atoms with Gasteiger partial charge in [-0.2, -0.15) is 0 Å². The summed E-state index contributed by atoms with van der Waals surface area (Å²) in [5, 5.41) is 2.46.